The van der Waals surface area contributed by atoms with E-state index < -0.39 is 35.3 Å². The molecular weight excluding hydrogens is 378 g/mol. The zero-order valence-corrected chi connectivity index (χ0v) is 14.4. The number of nitrogens with zero attached hydrogens (tertiary/aromatic N) is 2. The summed E-state index contributed by atoms with van der Waals surface area (Å²) in [5.74, 6) is -2.11. The molecule has 1 heterocycles. The van der Waals surface area contributed by atoms with Crippen LogP contribution < -0.4 is 10.3 Å². The van der Waals surface area contributed by atoms with Gasteiger partial charge in [0, 0.05) is 18.7 Å². The van der Waals surface area contributed by atoms with E-state index in [0.717, 1.165) is 17.0 Å². The molecule has 1 saturated heterocycles. The number of hydrogen-bond donors (Lipinski definition) is 1. The van der Waals surface area contributed by atoms with E-state index >= 15 is 0 Å². The van der Waals surface area contributed by atoms with Crippen LogP contribution in [0.1, 0.15) is 17.5 Å². The number of hydrazone groups is 1. The second-order valence-electron chi connectivity index (χ2n) is 6.24. The fourth-order valence-electron chi connectivity index (χ4n) is 2.79. The minimum atomic E-state index is -4.52. The van der Waals surface area contributed by atoms with Crippen molar-refractivity contribution in [2.45, 2.75) is 12.6 Å². The first-order valence-corrected chi connectivity index (χ1v) is 8.30. The number of anilines is 1. The summed E-state index contributed by atoms with van der Waals surface area (Å²) in [5.41, 5.74) is 2.08. The third kappa shape index (κ3) is 4.54. The van der Waals surface area contributed by atoms with E-state index in [4.69, 9.17) is 0 Å². The van der Waals surface area contributed by atoms with Gasteiger partial charge in [-0.2, -0.15) is 18.3 Å². The van der Waals surface area contributed by atoms with Gasteiger partial charge in [0.05, 0.1) is 17.7 Å². The average molecular weight is 393 g/mol. The lowest BCUT2D eigenvalue weighted by atomic mass is 10.1. The van der Waals surface area contributed by atoms with Crippen molar-refractivity contribution in [3.63, 3.8) is 0 Å². The van der Waals surface area contributed by atoms with Gasteiger partial charge in [-0.25, -0.2) is 9.82 Å². The summed E-state index contributed by atoms with van der Waals surface area (Å²) in [6.07, 6.45) is -3.34. The van der Waals surface area contributed by atoms with Gasteiger partial charge in [-0.3, -0.25) is 9.59 Å². The molecule has 1 fully saturated rings. The summed E-state index contributed by atoms with van der Waals surface area (Å²) in [6.45, 7) is -0.0436. The molecule has 3 rings (SSSR count). The van der Waals surface area contributed by atoms with Gasteiger partial charge < -0.3 is 4.90 Å². The number of benzene rings is 2. The zero-order valence-electron chi connectivity index (χ0n) is 14.4. The van der Waals surface area contributed by atoms with Crippen LogP contribution in [0.2, 0.25) is 0 Å². The Bertz CT molecular complexity index is 910. The maximum Gasteiger partial charge on any atom is 0.416 e. The van der Waals surface area contributed by atoms with Gasteiger partial charge in [-0.15, -0.1) is 0 Å². The topological polar surface area (TPSA) is 61.8 Å². The Labute approximate surface area is 157 Å². The van der Waals surface area contributed by atoms with Crippen molar-refractivity contribution in [3.05, 3.63) is 65.5 Å². The van der Waals surface area contributed by atoms with Gasteiger partial charge in [0.2, 0.25) is 11.8 Å². The van der Waals surface area contributed by atoms with Crippen molar-refractivity contribution in [3.8, 4) is 0 Å². The highest BCUT2D eigenvalue weighted by molar-refractivity contribution is 6.00. The zero-order chi connectivity index (χ0) is 20.3. The second kappa shape index (κ2) is 7.79. The van der Waals surface area contributed by atoms with Crippen LogP contribution in [0.5, 0.6) is 0 Å². The minimum Gasteiger partial charge on any atom is -0.312 e. The maximum atomic E-state index is 12.9. The van der Waals surface area contributed by atoms with Crippen LogP contribution in [0.4, 0.5) is 23.2 Å². The van der Waals surface area contributed by atoms with Crippen LogP contribution in [-0.2, 0) is 15.8 Å². The Kier molecular flexibility index (Phi) is 5.43. The molecule has 0 spiro atoms. The largest absolute Gasteiger partial charge is 0.416 e. The normalized spacial score (nSPS) is 17.4. The Hall–Kier alpha value is -3.23. The molecule has 1 aliphatic rings. The Morgan fingerprint density at radius 2 is 1.89 bits per heavy atom. The lowest BCUT2D eigenvalue weighted by Crippen LogP contribution is -2.30. The molecule has 0 bridgehead atoms. The molecule has 0 aliphatic carbocycles. The summed E-state index contributed by atoms with van der Waals surface area (Å²) in [6, 6.07) is 9.83. The lowest BCUT2D eigenvalue weighted by Gasteiger charge is -2.18. The number of carbonyl (C=O) groups excluding carboxylic acids is 2. The standard InChI is InChI=1S/C19H15F4N3O2/c20-15-6-4-12(5-7-15)10-24-25-18(28)13-8-17(27)26(11-13)16-3-1-2-14(9-16)19(21,22)23/h1-7,9-10,13H,8,11H2,(H,25,28). The summed E-state index contributed by atoms with van der Waals surface area (Å²) in [5, 5.41) is 3.76. The van der Waals surface area contributed by atoms with Gasteiger partial charge >= 0.3 is 6.18 Å². The molecule has 2 aromatic rings. The lowest BCUT2D eigenvalue weighted by molar-refractivity contribution is -0.137. The molecule has 1 aliphatic heterocycles. The maximum absolute atomic E-state index is 12.9. The van der Waals surface area contributed by atoms with Crippen molar-refractivity contribution in [2.24, 2.45) is 11.0 Å². The van der Waals surface area contributed by atoms with Gasteiger partial charge in [0.1, 0.15) is 5.82 Å². The van der Waals surface area contributed by atoms with Crippen LogP contribution in [0.15, 0.2) is 53.6 Å². The van der Waals surface area contributed by atoms with Gasteiger partial charge in [0.25, 0.3) is 0 Å². The highest BCUT2D eigenvalue weighted by Gasteiger charge is 2.36. The molecule has 2 aromatic carbocycles. The third-order valence-electron chi connectivity index (χ3n) is 4.24. The molecule has 1 N–H and O–H groups in total. The Morgan fingerprint density at radius 1 is 1.18 bits per heavy atom. The molecule has 2 amide bonds. The molecule has 0 radical (unpaired) electrons. The Morgan fingerprint density at radius 3 is 2.57 bits per heavy atom. The molecule has 9 heteroatoms. The van der Waals surface area contributed by atoms with E-state index in [1.807, 2.05) is 0 Å². The molecule has 0 saturated carbocycles. The van der Waals surface area contributed by atoms with E-state index in [-0.39, 0.29) is 18.7 Å². The summed E-state index contributed by atoms with van der Waals surface area (Å²) < 4.78 is 51.4. The van der Waals surface area contributed by atoms with Gasteiger partial charge in [-0.1, -0.05) is 18.2 Å². The number of alkyl halides is 3. The summed E-state index contributed by atoms with van der Waals surface area (Å²) >= 11 is 0. The molecule has 146 valence electrons. The van der Waals surface area contributed by atoms with E-state index in [0.29, 0.717) is 5.56 Å². The molecular formula is C19H15F4N3O2. The highest BCUT2D eigenvalue weighted by Crippen LogP contribution is 2.33. The van der Waals surface area contributed by atoms with Crippen molar-refractivity contribution in [2.75, 3.05) is 11.4 Å². The summed E-state index contributed by atoms with van der Waals surface area (Å²) in [4.78, 5) is 25.5. The van der Waals surface area contributed by atoms with Crippen LogP contribution in [0.25, 0.3) is 0 Å². The van der Waals surface area contributed by atoms with Crippen LogP contribution in [0.3, 0.4) is 0 Å². The van der Waals surface area contributed by atoms with E-state index in [9.17, 15) is 27.2 Å². The third-order valence-corrected chi connectivity index (χ3v) is 4.24. The average Bonchev–Trinajstić information content (AvgIpc) is 3.04. The fraction of sp³-hybridized carbons (Fsp3) is 0.211. The number of nitrogens with one attached hydrogen (secondary N) is 1. The molecule has 1 atom stereocenters. The predicted octanol–water partition coefficient (Wildman–Crippen LogP) is 3.35. The van der Waals surface area contributed by atoms with Crippen molar-refractivity contribution < 1.29 is 27.2 Å². The van der Waals surface area contributed by atoms with Crippen molar-refractivity contribution in [1.29, 1.82) is 0 Å². The van der Waals surface area contributed by atoms with E-state index in [2.05, 4.69) is 10.5 Å². The van der Waals surface area contributed by atoms with Gasteiger partial charge in [-0.05, 0) is 35.9 Å². The van der Waals surface area contributed by atoms with Crippen LogP contribution in [-0.4, -0.2) is 24.6 Å². The first-order valence-electron chi connectivity index (χ1n) is 8.30. The number of halogens is 4. The van der Waals surface area contributed by atoms with E-state index in [1.54, 1.807) is 0 Å². The van der Waals surface area contributed by atoms with Crippen LogP contribution >= 0.6 is 0 Å². The quantitative estimate of drug-likeness (QED) is 0.492. The second-order valence-corrected chi connectivity index (χ2v) is 6.24. The monoisotopic (exact) mass is 393 g/mol. The SMILES string of the molecule is O=C(NN=Cc1ccc(F)cc1)C1CC(=O)N(c2cccc(C(F)(F)F)c2)C1. The van der Waals surface area contributed by atoms with E-state index in [1.165, 1.54) is 42.6 Å². The molecule has 5 nitrogen and oxygen atoms in total. The van der Waals surface area contributed by atoms with Gasteiger partial charge in [0.15, 0.2) is 0 Å². The number of carbonyl (C=O) groups is 2. The Balaban J connectivity index is 1.64. The molecule has 28 heavy (non-hydrogen) atoms. The highest BCUT2D eigenvalue weighted by atomic mass is 19.4. The van der Waals surface area contributed by atoms with Crippen molar-refractivity contribution >= 4 is 23.7 Å². The fourth-order valence-corrected chi connectivity index (χ4v) is 2.79. The predicted molar refractivity (Wildman–Crippen MR) is 94.0 cm³/mol. The smallest absolute Gasteiger partial charge is 0.312 e. The molecule has 1 unspecified atom stereocenters. The number of hydrogen-bond acceptors (Lipinski definition) is 3. The molecule has 0 aromatic heterocycles. The number of amides is 2. The first kappa shape index (κ1) is 19.5. The number of rotatable bonds is 4. The summed E-state index contributed by atoms with van der Waals surface area (Å²) in [7, 11) is 0. The van der Waals surface area contributed by atoms with Crippen molar-refractivity contribution in [1.82, 2.24) is 5.43 Å². The minimum absolute atomic E-state index is 0.0436. The van der Waals surface area contributed by atoms with Crippen LogP contribution in [0, 0.1) is 11.7 Å². The first-order chi connectivity index (χ1) is 13.2.